The molecule has 5 heteroatoms. The summed E-state index contributed by atoms with van der Waals surface area (Å²) in [6.07, 6.45) is 3.44. The van der Waals surface area contributed by atoms with Gasteiger partial charge in [-0.2, -0.15) is 0 Å². The van der Waals surface area contributed by atoms with Gasteiger partial charge in [-0.05, 0) is 37.5 Å². The van der Waals surface area contributed by atoms with Gasteiger partial charge >= 0.3 is 0 Å². The van der Waals surface area contributed by atoms with Gasteiger partial charge in [0.2, 0.25) is 11.8 Å². The van der Waals surface area contributed by atoms with E-state index in [-0.39, 0.29) is 23.0 Å². The number of thioether (sulfide) groups is 1. The Balaban J connectivity index is 1.38. The third kappa shape index (κ3) is 5.36. The van der Waals surface area contributed by atoms with Crippen LogP contribution in [0.25, 0.3) is 0 Å². The quantitative estimate of drug-likeness (QED) is 0.728. The van der Waals surface area contributed by atoms with E-state index in [1.807, 2.05) is 37.3 Å². The largest absolute Gasteiger partial charge is 0.354 e. The smallest absolute Gasteiger partial charge is 0.234 e. The Morgan fingerprint density at radius 1 is 0.963 bits per heavy atom. The van der Waals surface area contributed by atoms with Crippen molar-refractivity contribution in [2.45, 2.75) is 31.6 Å². The molecule has 2 aromatic carbocycles. The van der Waals surface area contributed by atoms with Crippen molar-refractivity contribution in [2.24, 2.45) is 0 Å². The molecule has 2 N–H and O–H groups in total. The maximum atomic E-state index is 12.2. The zero-order valence-corrected chi connectivity index (χ0v) is 16.5. The van der Waals surface area contributed by atoms with Crippen molar-refractivity contribution < 1.29 is 9.59 Å². The van der Waals surface area contributed by atoms with Gasteiger partial charge in [-0.1, -0.05) is 54.4 Å². The summed E-state index contributed by atoms with van der Waals surface area (Å²) in [5.41, 5.74) is 3.33. The van der Waals surface area contributed by atoms with E-state index in [0.717, 1.165) is 24.1 Å². The van der Waals surface area contributed by atoms with E-state index < -0.39 is 0 Å². The number of anilines is 1. The predicted octanol–water partition coefficient (Wildman–Crippen LogP) is 3.90. The number of nitrogens with one attached hydrogen (secondary N) is 2. The van der Waals surface area contributed by atoms with Crippen LogP contribution in [0.1, 0.15) is 30.4 Å². The highest BCUT2D eigenvalue weighted by Gasteiger charge is 2.38. The summed E-state index contributed by atoms with van der Waals surface area (Å²) in [6, 6.07) is 18.1. The number of carbonyl (C=O) groups excluding carboxylic acids is 2. The van der Waals surface area contributed by atoms with Crippen molar-refractivity contribution in [1.82, 2.24) is 5.32 Å². The molecule has 0 atom stereocenters. The first-order chi connectivity index (χ1) is 13.1. The van der Waals surface area contributed by atoms with E-state index in [0.29, 0.717) is 12.3 Å². The van der Waals surface area contributed by atoms with Crippen molar-refractivity contribution in [2.75, 3.05) is 23.4 Å². The molecule has 1 aliphatic carbocycles. The lowest BCUT2D eigenvalue weighted by Gasteiger charge is -2.42. The van der Waals surface area contributed by atoms with Gasteiger partial charge in [0.15, 0.2) is 0 Å². The Morgan fingerprint density at radius 2 is 1.63 bits per heavy atom. The summed E-state index contributed by atoms with van der Waals surface area (Å²) in [7, 11) is 0. The predicted molar refractivity (Wildman–Crippen MR) is 112 cm³/mol. The van der Waals surface area contributed by atoms with E-state index in [2.05, 4.69) is 34.9 Å². The van der Waals surface area contributed by atoms with Crippen LogP contribution in [0.2, 0.25) is 0 Å². The Kier molecular flexibility index (Phi) is 6.56. The minimum Gasteiger partial charge on any atom is -0.354 e. The zero-order valence-electron chi connectivity index (χ0n) is 15.7. The summed E-state index contributed by atoms with van der Waals surface area (Å²) >= 11 is 1.34. The van der Waals surface area contributed by atoms with Crippen LogP contribution in [-0.2, 0) is 15.0 Å². The van der Waals surface area contributed by atoms with Gasteiger partial charge in [0.05, 0.1) is 11.5 Å². The van der Waals surface area contributed by atoms with Crippen LogP contribution in [-0.4, -0.2) is 29.9 Å². The van der Waals surface area contributed by atoms with Crippen molar-refractivity contribution in [1.29, 1.82) is 0 Å². The molecule has 0 aliphatic heterocycles. The third-order valence-corrected chi connectivity index (χ3v) is 6.06. The minimum absolute atomic E-state index is 0.00894. The Labute approximate surface area is 165 Å². The molecule has 27 heavy (non-hydrogen) atoms. The summed E-state index contributed by atoms with van der Waals surface area (Å²) < 4.78 is 0. The first kappa shape index (κ1) is 19.5. The van der Waals surface area contributed by atoms with E-state index in [1.165, 1.54) is 23.7 Å². The second-order valence-electron chi connectivity index (χ2n) is 7.18. The van der Waals surface area contributed by atoms with Crippen LogP contribution in [0, 0.1) is 6.92 Å². The minimum atomic E-state index is -0.0867. The van der Waals surface area contributed by atoms with E-state index in [9.17, 15) is 9.59 Å². The highest BCUT2D eigenvalue weighted by Crippen LogP contribution is 2.43. The first-order valence-electron chi connectivity index (χ1n) is 9.34. The SMILES string of the molecule is Cc1ccc(NC(=O)CSCC(=O)NCC2(c3ccccc3)CCC2)cc1. The van der Waals surface area contributed by atoms with Crippen molar-refractivity contribution in [3.05, 3.63) is 65.7 Å². The van der Waals surface area contributed by atoms with E-state index >= 15 is 0 Å². The number of hydrogen-bond donors (Lipinski definition) is 2. The second-order valence-corrected chi connectivity index (χ2v) is 8.17. The molecule has 2 aromatic rings. The first-order valence-corrected chi connectivity index (χ1v) is 10.5. The molecular formula is C22H26N2O2S. The van der Waals surface area contributed by atoms with Gasteiger partial charge in [-0.25, -0.2) is 0 Å². The van der Waals surface area contributed by atoms with Crippen LogP contribution in [0.3, 0.4) is 0 Å². The standard InChI is InChI=1S/C22H26N2O2S/c1-17-8-10-19(11-9-17)24-21(26)15-27-14-20(25)23-16-22(12-5-13-22)18-6-3-2-4-7-18/h2-4,6-11H,5,12-16H2,1H3,(H,23,25)(H,24,26). The number of aryl methyl sites for hydroxylation is 1. The number of carbonyl (C=O) groups is 2. The number of rotatable bonds is 8. The van der Waals surface area contributed by atoms with E-state index in [1.54, 1.807) is 0 Å². The molecular weight excluding hydrogens is 356 g/mol. The highest BCUT2D eigenvalue weighted by atomic mass is 32.2. The molecule has 142 valence electrons. The number of amides is 2. The van der Waals surface area contributed by atoms with Gasteiger partial charge < -0.3 is 10.6 Å². The fourth-order valence-corrected chi connectivity index (χ4v) is 4.00. The van der Waals surface area contributed by atoms with Gasteiger partial charge in [0.1, 0.15) is 0 Å². The Morgan fingerprint density at radius 3 is 2.26 bits per heavy atom. The zero-order chi connectivity index (χ0) is 19.1. The topological polar surface area (TPSA) is 58.2 Å². The summed E-state index contributed by atoms with van der Waals surface area (Å²) in [4.78, 5) is 24.1. The molecule has 1 aliphatic rings. The lowest BCUT2D eigenvalue weighted by atomic mass is 9.64. The fourth-order valence-electron chi connectivity index (χ4n) is 3.35. The number of hydrogen-bond acceptors (Lipinski definition) is 3. The van der Waals surface area contributed by atoms with E-state index in [4.69, 9.17) is 0 Å². The Hall–Kier alpha value is -2.27. The molecule has 0 saturated heterocycles. The van der Waals surface area contributed by atoms with Crippen molar-refractivity contribution in [3.8, 4) is 0 Å². The van der Waals surface area contributed by atoms with Gasteiger partial charge in [-0.15, -0.1) is 11.8 Å². The van der Waals surface area contributed by atoms with Crippen LogP contribution in [0.5, 0.6) is 0 Å². The molecule has 3 rings (SSSR count). The normalized spacial score (nSPS) is 14.9. The number of benzene rings is 2. The van der Waals surface area contributed by atoms with Gasteiger partial charge in [0.25, 0.3) is 0 Å². The fraction of sp³-hybridized carbons (Fsp3) is 0.364. The van der Waals surface area contributed by atoms with Crippen LogP contribution in [0.15, 0.2) is 54.6 Å². The molecule has 4 nitrogen and oxygen atoms in total. The lowest BCUT2D eigenvalue weighted by molar-refractivity contribution is -0.119. The lowest BCUT2D eigenvalue weighted by Crippen LogP contribution is -2.46. The molecule has 1 fully saturated rings. The summed E-state index contributed by atoms with van der Waals surface area (Å²) in [6.45, 7) is 2.68. The Bertz CT molecular complexity index is 771. The van der Waals surface area contributed by atoms with Gasteiger partial charge in [-0.3, -0.25) is 9.59 Å². The second kappa shape index (κ2) is 9.09. The molecule has 1 saturated carbocycles. The molecule has 0 heterocycles. The van der Waals surface area contributed by atoms with Crippen molar-refractivity contribution >= 4 is 29.3 Å². The van der Waals surface area contributed by atoms with Crippen LogP contribution < -0.4 is 10.6 Å². The molecule has 2 amide bonds. The van der Waals surface area contributed by atoms with Crippen LogP contribution >= 0.6 is 11.8 Å². The molecule has 0 bridgehead atoms. The molecule has 0 spiro atoms. The average Bonchev–Trinajstić information content (AvgIpc) is 2.64. The van der Waals surface area contributed by atoms with Gasteiger partial charge in [0, 0.05) is 17.6 Å². The third-order valence-electron chi connectivity index (χ3n) is 5.12. The molecule has 0 aromatic heterocycles. The summed E-state index contributed by atoms with van der Waals surface area (Å²) in [5.74, 6) is 0.471. The maximum Gasteiger partial charge on any atom is 0.234 e. The monoisotopic (exact) mass is 382 g/mol. The van der Waals surface area contributed by atoms with Crippen molar-refractivity contribution in [3.63, 3.8) is 0 Å². The highest BCUT2D eigenvalue weighted by molar-refractivity contribution is 8.00. The molecule has 0 unspecified atom stereocenters. The van der Waals surface area contributed by atoms with Crippen LogP contribution in [0.4, 0.5) is 5.69 Å². The maximum absolute atomic E-state index is 12.2. The summed E-state index contributed by atoms with van der Waals surface area (Å²) in [5, 5.41) is 5.91. The molecule has 0 radical (unpaired) electrons. The average molecular weight is 383 g/mol.